The van der Waals surface area contributed by atoms with Crippen LogP contribution in [0.4, 0.5) is 17.6 Å². The van der Waals surface area contributed by atoms with Gasteiger partial charge in [0.15, 0.2) is 0 Å². The van der Waals surface area contributed by atoms with Gasteiger partial charge in [-0.2, -0.15) is 13.2 Å². The molecule has 0 bridgehead atoms. The van der Waals surface area contributed by atoms with Crippen LogP contribution in [-0.4, -0.2) is 64.1 Å². The smallest absolute Gasteiger partial charge is 0.377 e. The molecule has 2 atom stereocenters. The molecule has 2 fully saturated rings. The van der Waals surface area contributed by atoms with E-state index in [4.69, 9.17) is 9.47 Å². The zero-order valence-electron chi connectivity index (χ0n) is 16.0. The van der Waals surface area contributed by atoms with Crippen molar-refractivity contribution in [3.8, 4) is 0 Å². The van der Waals surface area contributed by atoms with Crippen LogP contribution in [0.3, 0.4) is 0 Å². The Hall–Kier alpha value is -1.27. The number of sulfonamides is 1. The van der Waals surface area contributed by atoms with Crippen LogP contribution in [0.5, 0.6) is 0 Å². The number of halogens is 4. The summed E-state index contributed by atoms with van der Waals surface area (Å²) in [4.78, 5) is 1.96. The van der Waals surface area contributed by atoms with E-state index in [1.54, 1.807) is 0 Å². The Balaban J connectivity index is 1.65. The number of hydrogen-bond donors (Lipinski definition) is 1. The average Bonchev–Trinajstić information content (AvgIpc) is 2.87. The zero-order valence-corrected chi connectivity index (χ0v) is 16.8. The van der Waals surface area contributed by atoms with Gasteiger partial charge in [-0.05, 0) is 30.5 Å². The highest BCUT2D eigenvalue weighted by atomic mass is 32.2. The molecule has 1 spiro atoms. The predicted molar refractivity (Wildman–Crippen MR) is 97.2 cm³/mol. The minimum atomic E-state index is -4.73. The first-order valence-electron chi connectivity index (χ1n) is 9.24. The lowest BCUT2D eigenvalue weighted by molar-refractivity contribution is -0.140. The van der Waals surface area contributed by atoms with Gasteiger partial charge in [0.2, 0.25) is 10.0 Å². The maximum absolute atomic E-state index is 13.9. The average molecular weight is 440 g/mol. The van der Waals surface area contributed by atoms with E-state index >= 15 is 0 Å². The number of alkyl halides is 3. The molecule has 0 aliphatic carbocycles. The molecule has 29 heavy (non-hydrogen) atoms. The van der Waals surface area contributed by atoms with Crippen molar-refractivity contribution in [2.45, 2.75) is 37.3 Å². The molecule has 2 heterocycles. The highest BCUT2D eigenvalue weighted by molar-refractivity contribution is 7.88. The first-order valence-corrected chi connectivity index (χ1v) is 11.1. The summed E-state index contributed by atoms with van der Waals surface area (Å²) in [6.45, 7) is 2.19. The Labute approximate surface area is 167 Å². The molecule has 2 saturated heterocycles. The largest absolute Gasteiger partial charge is 0.419 e. The van der Waals surface area contributed by atoms with Crippen molar-refractivity contribution in [1.82, 2.24) is 9.62 Å². The van der Waals surface area contributed by atoms with Crippen molar-refractivity contribution in [3.63, 3.8) is 0 Å². The molecule has 3 rings (SSSR count). The monoisotopic (exact) mass is 440 g/mol. The minimum Gasteiger partial charge on any atom is -0.377 e. The van der Waals surface area contributed by atoms with Crippen molar-refractivity contribution in [2.75, 3.05) is 39.1 Å². The van der Waals surface area contributed by atoms with Crippen LogP contribution in [0.1, 0.15) is 24.0 Å². The number of nitrogens with zero attached hydrogens (tertiary/aromatic N) is 1. The summed E-state index contributed by atoms with van der Waals surface area (Å²) < 4.78 is 88.8. The lowest BCUT2D eigenvalue weighted by atomic mass is 9.99. The molecule has 1 aromatic rings. The van der Waals surface area contributed by atoms with E-state index in [1.165, 1.54) is 6.07 Å². The van der Waals surface area contributed by atoms with Crippen LogP contribution in [0.15, 0.2) is 18.2 Å². The van der Waals surface area contributed by atoms with Crippen molar-refractivity contribution in [1.29, 1.82) is 0 Å². The van der Waals surface area contributed by atoms with Crippen LogP contribution in [-0.2, 0) is 32.2 Å². The Morgan fingerprint density at radius 1 is 1.34 bits per heavy atom. The first kappa shape index (κ1) is 22.4. The van der Waals surface area contributed by atoms with E-state index in [9.17, 15) is 26.0 Å². The van der Waals surface area contributed by atoms with Gasteiger partial charge < -0.3 is 9.47 Å². The zero-order chi connectivity index (χ0) is 21.3. The second-order valence-corrected chi connectivity index (χ2v) is 9.49. The van der Waals surface area contributed by atoms with Gasteiger partial charge in [0.05, 0.1) is 31.1 Å². The molecule has 11 heteroatoms. The maximum atomic E-state index is 13.9. The summed E-state index contributed by atoms with van der Waals surface area (Å²) in [7, 11) is -3.32. The van der Waals surface area contributed by atoms with Crippen molar-refractivity contribution < 1.29 is 35.5 Å². The molecule has 1 aromatic carbocycles. The SMILES string of the molecule is CS(=O)(=O)NC[C@@H]1CC[C@]2(COCCN(Cc3ccc(C(F)(F)F)c(F)c3)C2)O1. The maximum Gasteiger partial charge on any atom is 0.419 e. The standard InChI is InChI=1S/C18H24F4N2O4S/c1-29(25,26)23-9-14-4-5-17(28-14)11-24(6-7-27-12-17)10-13-2-3-15(16(19)8-13)18(20,21)22/h2-3,8,14,23H,4-7,9-12H2,1H3/t14-,17-/m0/s1. The number of hydrogen-bond acceptors (Lipinski definition) is 5. The van der Waals surface area contributed by atoms with Crippen molar-refractivity contribution >= 4 is 10.0 Å². The molecule has 6 nitrogen and oxygen atoms in total. The Kier molecular flexibility index (Phi) is 6.54. The normalized spacial score (nSPS) is 26.7. The molecule has 0 saturated carbocycles. The number of ether oxygens (including phenoxy) is 2. The summed E-state index contributed by atoms with van der Waals surface area (Å²) in [5.74, 6) is -1.29. The van der Waals surface area contributed by atoms with Gasteiger partial charge in [-0.3, -0.25) is 4.90 Å². The van der Waals surface area contributed by atoms with Crippen LogP contribution in [0, 0.1) is 5.82 Å². The molecule has 2 aliphatic heterocycles. The highest BCUT2D eigenvalue weighted by Gasteiger charge is 2.43. The van der Waals surface area contributed by atoms with Gasteiger partial charge >= 0.3 is 6.18 Å². The third-order valence-electron chi connectivity index (χ3n) is 5.09. The summed E-state index contributed by atoms with van der Waals surface area (Å²) in [6, 6.07) is 2.95. The van der Waals surface area contributed by atoms with Crippen LogP contribution in [0.2, 0.25) is 0 Å². The van der Waals surface area contributed by atoms with Crippen LogP contribution in [0.25, 0.3) is 0 Å². The number of rotatable bonds is 5. The van der Waals surface area contributed by atoms with Crippen molar-refractivity contribution in [2.24, 2.45) is 0 Å². The molecule has 2 aliphatic rings. The summed E-state index contributed by atoms with van der Waals surface area (Å²) in [5, 5.41) is 0. The van der Waals surface area contributed by atoms with Gasteiger partial charge in [-0.15, -0.1) is 0 Å². The second-order valence-electron chi connectivity index (χ2n) is 7.66. The molecule has 0 aromatic heterocycles. The van der Waals surface area contributed by atoms with Gasteiger partial charge in [0, 0.05) is 26.2 Å². The lowest BCUT2D eigenvalue weighted by Crippen LogP contribution is -2.45. The summed E-state index contributed by atoms with van der Waals surface area (Å²) >= 11 is 0. The molecule has 164 valence electrons. The Bertz CT molecular complexity index is 834. The Morgan fingerprint density at radius 3 is 2.76 bits per heavy atom. The van der Waals surface area contributed by atoms with E-state index in [-0.39, 0.29) is 19.2 Å². The van der Waals surface area contributed by atoms with E-state index in [0.717, 1.165) is 18.4 Å². The molecular formula is C18H24F4N2O4S. The van der Waals surface area contributed by atoms with E-state index < -0.39 is 33.2 Å². The fourth-order valence-corrected chi connectivity index (χ4v) is 4.26. The predicted octanol–water partition coefficient (Wildman–Crippen LogP) is 2.14. The molecule has 0 radical (unpaired) electrons. The second kappa shape index (κ2) is 8.46. The van der Waals surface area contributed by atoms with Crippen LogP contribution < -0.4 is 4.72 Å². The molecule has 0 unspecified atom stereocenters. The van der Waals surface area contributed by atoms with Crippen LogP contribution >= 0.6 is 0 Å². The fourth-order valence-electron chi connectivity index (χ4n) is 3.77. The molecular weight excluding hydrogens is 416 g/mol. The van der Waals surface area contributed by atoms with Gasteiger partial charge in [0.25, 0.3) is 0 Å². The lowest BCUT2D eigenvalue weighted by Gasteiger charge is -2.32. The van der Waals surface area contributed by atoms with E-state index in [2.05, 4.69) is 4.72 Å². The first-order chi connectivity index (χ1) is 13.5. The topological polar surface area (TPSA) is 67.9 Å². The molecule has 1 N–H and O–H groups in total. The minimum absolute atomic E-state index is 0.171. The quantitative estimate of drug-likeness (QED) is 0.711. The third-order valence-corrected chi connectivity index (χ3v) is 5.78. The number of nitrogens with one attached hydrogen (secondary N) is 1. The Morgan fingerprint density at radius 2 is 2.10 bits per heavy atom. The highest BCUT2D eigenvalue weighted by Crippen LogP contribution is 2.34. The van der Waals surface area contributed by atoms with E-state index in [1.807, 2.05) is 4.90 Å². The van der Waals surface area contributed by atoms with E-state index in [0.29, 0.717) is 44.7 Å². The third kappa shape index (κ3) is 6.11. The number of benzene rings is 1. The van der Waals surface area contributed by atoms with Gasteiger partial charge in [-0.25, -0.2) is 17.5 Å². The van der Waals surface area contributed by atoms with Gasteiger partial charge in [-0.1, -0.05) is 6.07 Å². The summed E-state index contributed by atoms with van der Waals surface area (Å²) in [6.07, 6.45) is -2.60. The van der Waals surface area contributed by atoms with Crippen molar-refractivity contribution in [3.05, 3.63) is 35.1 Å². The summed E-state index contributed by atoms with van der Waals surface area (Å²) in [5.41, 5.74) is -1.47. The molecule has 0 amide bonds. The fraction of sp³-hybridized carbons (Fsp3) is 0.667. The van der Waals surface area contributed by atoms with Gasteiger partial charge in [0.1, 0.15) is 11.4 Å².